The smallest absolute Gasteiger partial charge is 0.0401 e. The molecule has 1 unspecified atom stereocenters. The minimum Gasteiger partial charge on any atom is -0.368 e. The molecule has 106 valence electrons. The lowest BCUT2D eigenvalue weighted by Crippen LogP contribution is -2.31. The molecule has 2 heteroatoms. The molecule has 0 bridgehead atoms. The van der Waals surface area contributed by atoms with Crippen LogP contribution in [0.3, 0.4) is 0 Å². The summed E-state index contributed by atoms with van der Waals surface area (Å²) in [6.45, 7) is 7.93. The van der Waals surface area contributed by atoms with E-state index in [1.165, 1.54) is 24.1 Å². The Labute approximate surface area is 118 Å². The molecule has 0 spiro atoms. The molecule has 19 heavy (non-hydrogen) atoms. The van der Waals surface area contributed by atoms with Gasteiger partial charge in [0.25, 0.3) is 0 Å². The standard InChI is InChI=1S/C17H28N2/c1-4-15(18)11-14-7-5-6-8-17(14)19(12-13(2)3)16-9-10-16/h5-8,13,15-16H,4,9-12,18H2,1-3H3. The number of nitrogens with zero attached hydrogens (tertiary/aromatic N) is 1. The fourth-order valence-corrected chi connectivity index (χ4v) is 2.61. The van der Waals surface area contributed by atoms with E-state index < -0.39 is 0 Å². The molecule has 0 saturated heterocycles. The molecule has 1 aliphatic carbocycles. The molecule has 0 aliphatic heterocycles. The Bertz CT molecular complexity index is 396. The maximum atomic E-state index is 6.15. The molecule has 0 radical (unpaired) electrons. The van der Waals surface area contributed by atoms with Gasteiger partial charge in [-0.15, -0.1) is 0 Å². The van der Waals surface area contributed by atoms with Gasteiger partial charge in [-0.25, -0.2) is 0 Å². The van der Waals surface area contributed by atoms with Gasteiger partial charge in [0.2, 0.25) is 0 Å². The summed E-state index contributed by atoms with van der Waals surface area (Å²) in [5.41, 5.74) is 8.99. The van der Waals surface area contributed by atoms with Gasteiger partial charge in [0.15, 0.2) is 0 Å². The van der Waals surface area contributed by atoms with Crippen LogP contribution in [-0.4, -0.2) is 18.6 Å². The summed E-state index contributed by atoms with van der Waals surface area (Å²) in [6.07, 6.45) is 4.73. The Morgan fingerprint density at radius 2 is 1.95 bits per heavy atom. The lowest BCUT2D eigenvalue weighted by atomic mass is 10.0. The second kappa shape index (κ2) is 6.42. The highest BCUT2D eigenvalue weighted by molar-refractivity contribution is 5.55. The van der Waals surface area contributed by atoms with E-state index in [1.807, 2.05) is 0 Å². The van der Waals surface area contributed by atoms with E-state index in [9.17, 15) is 0 Å². The number of anilines is 1. The number of para-hydroxylation sites is 1. The van der Waals surface area contributed by atoms with Crippen LogP contribution in [0.2, 0.25) is 0 Å². The molecule has 1 aromatic rings. The van der Waals surface area contributed by atoms with Crippen molar-refractivity contribution >= 4 is 5.69 Å². The van der Waals surface area contributed by atoms with E-state index in [4.69, 9.17) is 5.73 Å². The summed E-state index contributed by atoms with van der Waals surface area (Å²) in [5, 5.41) is 0. The van der Waals surface area contributed by atoms with Crippen LogP contribution in [0.25, 0.3) is 0 Å². The minimum atomic E-state index is 0.279. The van der Waals surface area contributed by atoms with E-state index in [0.29, 0.717) is 5.92 Å². The summed E-state index contributed by atoms with van der Waals surface area (Å²) in [7, 11) is 0. The van der Waals surface area contributed by atoms with E-state index in [-0.39, 0.29) is 6.04 Å². The van der Waals surface area contributed by atoms with Gasteiger partial charge in [-0.3, -0.25) is 0 Å². The van der Waals surface area contributed by atoms with Gasteiger partial charge >= 0.3 is 0 Å². The normalized spacial score (nSPS) is 16.7. The van der Waals surface area contributed by atoms with Gasteiger partial charge in [-0.05, 0) is 43.2 Å². The van der Waals surface area contributed by atoms with Crippen molar-refractivity contribution in [1.82, 2.24) is 0 Å². The molecule has 0 aromatic heterocycles. The molecular formula is C17H28N2. The number of rotatable bonds is 7. The van der Waals surface area contributed by atoms with Crippen LogP contribution in [-0.2, 0) is 6.42 Å². The van der Waals surface area contributed by atoms with Gasteiger partial charge in [-0.1, -0.05) is 39.0 Å². The fourth-order valence-electron chi connectivity index (χ4n) is 2.61. The summed E-state index contributed by atoms with van der Waals surface area (Å²) < 4.78 is 0. The minimum absolute atomic E-state index is 0.279. The van der Waals surface area contributed by atoms with E-state index in [2.05, 4.69) is 49.9 Å². The zero-order valence-electron chi connectivity index (χ0n) is 12.6. The molecule has 1 aliphatic rings. The van der Waals surface area contributed by atoms with Gasteiger partial charge in [0.1, 0.15) is 0 Å². The second-order valence-electron chi connectivity index (χ2n) is 6.28. The molecular weight excluding hydrogens is 232 g/mol. The van der Waals surface area contributed by atoms with Crippen molar-refractivity contribution in [2.45, 2.75) is 58.5 Å². The lowest BCUT2D eigenvalue weighted by molar-refractivity contribution is 0.600. The SMILES string of the molecule is CCC(N)Cc1ccccc1N(CC(C)C)C1CC1. The lowest BCUT2D eigenvalue weighted by Gasteiger charge is -2.29. The third-order valence-corrected chi connectivity index (χ3v) is 3.86. The highest BCUT2D eigenvalue weighted by Crippen LogP contribution is 2.34. The van der Waals surface area contributed by atoms with Crippen LogP contribution >= 0.6 is 0 Å². The van der Waals surface area contributed by atoms with Crippen molar-refractivity contribution < 1.29 is 0 Å². The van der Waals surface area contributed by atoms with Gasteiger partial charge in [-0.2, -0.15) is 0 Å². The summed E-state index contributed by atoms with van der Waals surface area (Å²) in [6, 6.07) is 9.87. The maximum Gasteiger partial charge on any atom is 0.0401 e. The van der Waals surface area contributed by atoms with Crippen LogP contribution < -0.4 is 10.6 Å². The van der Waals surface area contributed by atoms with Crippen molar-refractivity contribution in [1.29, 1.82) is 0 Å². The molecule has 1 fully saturated rings. The number of nitrogens with two attached hydrogens (primary N) is 1. The van der Waals surface area contributed by atoms with Crippen LogP contribution in [0.4, 0.5) is 5.69 Å². The van der Waals surface area contributed by atoms with Crippen molar-refractivity contribution in [3.63, 3.8) is 0 Å². The summed E-state index contributed by atoms with van der Waals surface area (Å²) in [5.74, 6) is 0.702. The zero-order valence-corrected chi connectivity index (χ0v) is 12.6. The van der Waals surface area contributed by atoms with Crippen molar-refractivity contribution in [2.24, 2.45) is 11.7 Å². The Hall–Kier alpha value is -1.02. The number of benzene rings is 1. The van der Waals surface area contributed by atoms with Crippen molar-refractivity contribution in [3.05, 3.63) is 29.8 Å². The monoisotopic (exact) mass is 260 g/mol. The van der Waals surface area contributed by atoms with Crippen LogP contribution in [0.1, 0.15) is 45.6 Å². The molecule has 0 amide bonds. The third kappa shape index (κ3) is 3.97. The first-order chi connectivity index (χ1) is 9.11. The predicted molar refractivity (Wildman–Crippen MR) is 83.6 cm³/mol. The first kappa shape index (κ1) is 14.4. The Morgan fingerprint density at radius 1 is 1.26 bits per heavy atom. The number of hydrogen-bond acceptors (Lipinski definition) is 2. The molecule has 0 heterocycles. The Kier molecular flexibility index (Phi) is 4.87. The highest BCUT2D eigenvalue weighted by Gasteiger charge is 2.30. The Balaban J connectivity index is 2.20. The molecule has 1 atom stereocenters. The maximum absolute atomic E-state index is 6.15. The molecule has 1 saturated carbocycles. The molecule has 1 aromatic carbocycles. The Morgan fingerprint density at radius 3 is 2.53 bits per heavy atom. The van der Waals surface area contributed by atoms with Crippen molar-refractivity contribution in [3.8, 4) is 0 Å². The van der Waals surface area contributed by atoms with Crippen LogP contribution in [0.5, 0.6) is 0 Å². The van der Waals surface area contributed by atoms with Crippen LogP contribution in [0.15, 0.2) is 24.3 Å². The van der Waals surface area contributed by atoms with E-state index in [0.717, 1.165) is 25.4 Å². The highest BCUT2D eigenvalue weighted by atomic mass is 15.2. The zero-order chi connectivity index (χ0) is 13.8. The quantitative estimate of drug-likeness (QED) is 0.811. The molecule has 2 nitrogen and oxygen atoms in total. The van der Waals surface area contributed by atoms with Crippen LogP contribution in [0, 0.1) is 5.92 Å². The van der Waals surface area contributed by atoms with E-state index >= 15 is 0 Å². The van der Waals surface area contributed by atoms with Gasteiger partial charge < -0.3 is 10.6 Å². The topological polar surface area (TPSA) is 29.3 Å². The van der Waals surface area contributed by atoms with Gasteiger partial charge in [0, 0.05) is 24.3 Å². The largest absolute Gasteiger partial charge is 0.368 e. The average molecular weight is 260 g/mol. The summed E-state index contributed by atoms with van der Waals surface area (Å²) in [4.78, 5) is 2.61. The van der Waals surface area contributed by atoms with E-state index in [1.54, 1.807) is 0 Å². The first-order valence-corrected chi connectivity index (χ1v) is 7.72. The second-order valence-corrected chi connectivity index (χ2v) is 6.28. The summed E-state index contributed by atoms with van der Waals surface area (Å²) >= 11 is 0. The van der Waals surface area contributed by atoms with Gasteiger partial charge in [0.05, 0.1) is 0 Å². The fraction of sp³-hybridized carbons (Fsp3) is 0.647. The van der Waals surface area contributed by atoms with Crippen molar-refractivity contribution in [2.75, 3.05) is 11.4 Å². The molecule has 2 N–H and O–H groups in total. The number of hydrogen-bond donors (Lipinski definition) is 1. The third-order valence-electron chi connectivity index (χ3n) is 3.86. The average Bonchev–Trinajstić information content (AvgIpc) is 3.21. The molecule has 2 rings (SSSR count). The first-order valence-electron chi connectivity index (χ1n) is 7.72. The predicted octanol–water partition coefficient (Wildman–Crippen LogP) is 3.59.